The Kier molecular flexibility index (Phi) is 5.13. The quantitative estimate of drug-likeness (QED) is 0.578. The molecule has 0 unspecified atom stereocenters. The number of benzene rings is 1. The molecule has 2 heterocycles. The molecule has 0 N–H and O–H groups in total. The number of methoxy groups -OCH3 is 2. The number of aromatic nitrogens is 2. The van der Waals surface area contributed by atoms with Crippen LogP contribution in [0.2, 0.25) is 0 Å². The summed E-state index contributed by atoms with van der Waals surface area (Å²) < 4.78 is 10.5. The lowest BCUT2D eigenvalue weighted by Crippen LogP contribution is -2.22. The van der Waals surface area contributed by atoms with Crippen LogP contribution in [0.3, 0.4) is 0 Å². The van der Waals surface area contributed by atoms with Crippen molar-refractivity contribution < 1.29 is 14.3 Å². The molecule has 1 aliphatic carbocycles. The molecule has 0 atom stereocenters. The predicted octanol–water partition coefficient (Wildman–Crippen LogP) is 3.99. The summed E-state index contributed by atoms with van der Waals surface area (Å²) in [6.07, 6.45) is 6.46. The van der Waals surface area contributed by atoms with Crippen molar-refractivity contribution in [3.8, 4) is 11.6 Å². The third-order valence-electron chi connectivity index (χ3n) is 5.25. The maximum Gasteiger partial charge on any atom is 0.216 e. The van der Waals surface area contributed by atoms with E-state index in [-0.39, 0.29) is 11.2 Å². The topological polar surface area (TPSA) is 61.3 Å². The normalized spacial score (nSPS) is 14.5. The number of hydrogen-bond acceptors (Lipinski definition) is 6. The number of thiazole rings is 1. The molecule has 3 aromatic rings. The van der Waals surface area contributed by atoms with Crippen molar-refractivity contribution >= 4 is 17.1 Å². The Balaban J connectivity index is 1.45. The first-order valence-corrected chi connectivity index (χ1v) is 10.1. The van der Waals surface area contributed by atoms with Crippen LogP contribution in [0, 0.1) is 0 Å². The van der Waals surface area contributed by atoms with Crippen LogP contribution in [-0.2, 0) is 23.1 Å². The largest absolute Gasteiger partial charge is 0.497 e. The van der Waals surface area contributed by atoms with Crippen LogP contribution >= 0.6 is 11.3 Å². The molecule has 144 valence electrons. The summed E-state index contributed by atoms with van der Waals surface area (Å²) in [5.74, 6) is 1.69. The third-order valence-corrected chi connectivity index (χ3v) is 6.24. The summed E-state index contributed by atoms with van der Waals surface area (Å²) in [6.45, 7) is 0. The predicted molar refractivity (Wildman–Crippen MR) is 108 cm³/mol. The fourth-order valence-electron chi connectivity index (χ4n) is 3.51. The van der Waals surface area contributed by atoms with E-state index in [9.17, 15) is 4.79 Å². The van der Waals surface area contributed by atoms with Crippen molar-refractivity contribution in [1.82, 2.24) is 9.97 Å². The van der Waals surface area contributed by atoms with Crippen molar-refractivity contribution in [3.05, 3.63) is 69.8 Å². The average Bonchev–Trinajstić information content (AvgIpc) is 3.44. The molecule has 4 rings (SSSR count). The number of hydrogen-bond donors (Lipinski definition) is 0. The van der Waals surface area contributed by atoms with Gasteiger partial charge in [-0.25, -0.2) is 9.97 Å². The highest BCUT2D eigenvalue weighted by molar-refractivity contribution is 7.11. The highest BCUT2D eigenvalue weighted by Crippen LogP contribution is 2.50. The Hall–Kier alpha value is -2.73. The molecular formula is C22H22N2O3S. The van der Waals surface area contributed by atoms with Crippen LogP contribution in [0.25, 0.3) is 0 Å². The minimum atomic E-state index is -0.343. The van der Waals surface area contributed by atoms with Gasteiger partial charge in [-0.15, -0.1) is 11.3 Å². The molecule has 0 spiro atoms. The van der Waals surface area contributed by atoms with E-state index in [1.807, 2.05) is 42.6 Å². The number of ketones is 1. The fraction of sp³-hybridized carbons (Fsp3) is 0.318. The molecule has 2 aromatic heterocycles. The van der Waals surface area contributed by atoms with E-state index in [2.05, 4.69) is 9.97 Å². The zero-order valence-electron chi connectivity index (χ0n) is 16.0. The lowest BCUT2D eigenvalue weighted by Gasteiger charge is -2.14. The maximum absolute atomic E-state index is 13.0. The van der Waals surface area contributed by atoms with Crippen molar-refractivity contribution in [2.24, 2.45) is 0 Å². The molecule has 1 fully saturated rings. The van der Waals surface area contributed by atoms with Crippen LogP contribution in [0.5, 0.6) is 11.6 Å². The smallest absolute Gasteiger partial charge is 0.216 e. The molecule has 1 aromatic carbocycles. The summed E-state index contributed by atoms with van der Waals surface area (Å²) in [6, 6.07) is 11.8. The second-order valence-corrected chi connectivity index (χ2v) is 8.18. The monoisotopic (exact) mass is 394 g/mol. The van der Waals surface area contributed by atoms with Crippen LogP contribution in [0.4, 0.5) is 0 Å². The van der Waals surface area contributed by atoms with E-state index in [4.69, 9.17) is 9.47 Å². The number of Topliss-reactive ketones (excluding diaryl/α,β-unsaturated/α-hetero) is 1. The van der Waals surface area contributed by atoms with Crippen molar-refractivity contribution in [3.63, 3.8) is 0 Å². The lowest BCUT2D eigenvalue weighted by atomic mass is 9.90. The molecule has 28 heavy (non-hydrogen) atoms. The molecule has 6 heteroatoms. The number of carbonyl (C=O) groups is 1. The van der Waals surface area contributed by atoms with Gasteiger partial charge in [-0.05, 0) is 36.6 Å². The van der Waals surface area contributed by atoms with E-state index < -0.39 is 0 Å². The molecule has 1 saturated carbocycles. The number of carbonyl (C=O) groups excluding carboxylic acids is 1. The highest BCUT2D eigenvalue weighted by Gasteiger charge is 2.50. The Bertz CT molecular complexity index is 977. The van der Waals surface area contributed by atoms with Crippen molar-refractivity contribution in [2.75, 3.05) is 14.2 Å². The third kappa shape index (κ3) is 3.64. The molecule has 0 bridgehead atoms. The first kappa shape index (κ1) is 18.6. The average molecular weight is 394 g/mol. The number of nitrogens with zero attached hydrogens (tertiary/aromatic N) is 2. The van der Waals surface area contributed by atoms with Crippen molar-refractivity contribution in [1.29, 1.82) is 0 Å². The number of pyridine rings is 1. The van der Waals surface area contributed by atoms with Gasteiger partial charge in [-0.2, -0.15) is 0 Å². The highest BCUT2D eigenvalue weighted by atomic mass is 32.1. The Labute approximate surface area is 168 Å². The van der Waals surface area contributed by atoms with Gasteiger partial charge in [0.15, 0.2) is 0 Å². The van der Waals surface area contributed by atoms with E-state index in [0.29, 0.717) is 18.7 Å². The van der Waals surface area contributed by atoms with Gasteiger partial charge < -0.3 is 9.47 Å². The maximum atomic E-state index is 13.0. The van der Waals surface area contributed by atoms with Crippen LogP contribution in [0.1, 0.15) is 33.9 Å². The second-order valence-electron chi connectivity index (χ2n) is 6.98. The molecule has 1 aliphatic rings. The molecule has 5 nitrogen and oxygen atoms in total. The molecular weight excluding hydrogens is 372 g/mol. The van der Waals surface area contributed by atoms with Gasteiger partial charge in [-0.1, -0.05) is 18.2 Å². The van der Waals surface area contributed by atoms with E-state index in [1.165, 1.54) is 0 Å². The minimum Gasteiger partial charge on any atom is -0.497 e. The van der Waals surface area contributed by atoms with Gasteiger partial charge >= 0.3 is 0 Å². The van der Waals surface area contributed by atoms with Crippen LogP contribution < -0.4 is 9.47 Å². The first-order valence-electron chi connectivity index (χ1n) is 9.24. The summed E-state index contributed by atoms with van der Waals surface area (Å²) in [4.78, 5) is 22.8. The summed E-state index contributed by atoms with van der Waals surface area (Å²) in [7, 11) is 3.27. The molecule has 0 radical (unpaired) electrons. The first-order chi connectivity index (χ1) is 13.6. The minimum absolute atomic E-state index is 0.248. The standard InChI is InChI=1S/C22H22N2O3S/c1-26-17-7-5-16(6-8-17)22(9-10-22)19(25)13-20-24-14-18(28-20)12-15-4-3-11-23-21(15)27-2/h3-8,11,14H,9-10,12-13H2,1-2H3. The molecule has 0 amide bonds. The van der Waals surface area contributed by atoms with Gasteiger partial charge in [0, 0.05) is 29.3 Å². The van der Waals surface area contributed by atoms with Gasteiger partial charge in [0.1, 0.15) is 16.5 Å². The van der Waals surface area contributed by atoms with Gasteiger partial charge in [-0.3, -0.25) is 4.79 Å². The molecule has 0 saturated heterocycles. The Morgan fingerprint density at radius 1 is 1.11 bits per heavy atom. The molecule has 0 aliphatic heterocycles. The van der Waals surface area contributed by atoms with E-state index >= 15 is 0 Å². The van der Waals surface area contributed by atoms with E-state index in [0.717, 1.165) is 39.6 Å². The van der Waals surface area contributed by atoms with Crippen molar-refractivity contribution in [2.45, 2.75) is 31.1 Å². The fourth-order valence-corrected chi connectivity index (χ4v) is 4.46. The second kappa shape index (κ2) is 7.72. The zero-order valence-corrected chi connectivity index (χ0v) is 16.8. The van der Waals surface area contributed by atoms with Gasteiger partial charge in [0.25, 0.3) is 0 Å². The van der Waals surface area contributed by atoms with Gasteiger partial charge in [0.2, 0.25) is 5.88 Å². The Morgan fingerprint density at radius 3 is 2.57 bits per heavy atom. The zero-order chi connectivity index (χ0) is 19.6. The van der Waals surface area contributed by atoms with Gasteiger partial charge in [0.05, 0.1) is 26.1 Å². The van der Waals surface area contributed by atoms with Crippen LogP contribution in [0.15, 0.2) is 48.8 Å². The SMILES string of the molecule is COc1ccc(C2(C(=O)Cc3ncc(Cc4cccnc4OC)s3)CC2)cc1. The summed E-state index contributed by atoms with van der Waals surface area (Å²) >= 11 is 1.59. The number of rotatable bonds is 8. The van der Waals surface area contributed by atoms with Crippen LogP contribution in [-0.4, -0.2) is 30.0 Å². The summed E-state index contributed by atoms with van der Waals surface area (Å²) in [5.41, 5.74) is 1.75. The van der Waals surface area contributed by atoms with E-state index in [1.54, 1.807) is 31.8 Å². The lowest BCUT2D eigenvalue weighted by molar-refractivity contribution is -0.120. The summed E-state index contributed by atoms with van der Waals surface area (Å²) in [5, 5.41) is 0.864. The Morgan fingerprint density at radius 2 is 1.89 bits per heavy atom. The number of ether oxygens (including phenoxy) is 2.